The third-order valence-electron chi connectivity index (χ3n) is 3.33. The number of nitrogens with one attached hydrogen (secondary N) is 1. The van der Waals surface area contributed by atoms with Gasteiger partial charge >= 0.3 is 5.97 Å². The zero-order valence-electron chi connectivity index (χ0n) is 12.9. The van der Waals surface area contributed by atoms with Crippen LogP contribution in [0.25, 0.3) is 17.2 Å². The van der Waals surface area contributed by atoms with Gasteiger partial charge in [0, 0.05) is 4.88 Å². The lowest BCUT2D eigenvalue weighted by atomic mass is 10.1. The molecule has 0 aliphatic carbocycles. The summed E-state index contributed by atoms with van der Waals surface area (Å²) in [6.45, 7) is -0.432. The Morgan fingerprint density at radius 2 is 2.04 bits per heavy atom. The normalized spacial score (nSPS) is 15.9. The maximum Gasteiger partial charge on any atom is 0.319 e. The van der Waals surface area contributed by atoms with E-state index in [-0.39, 0.29) is 4.32 Å². The molecule has 0 saturated carbocycles. The Morgan fingerprint density at radius 3 is 2.73 bits per heavy atom. The summed E-state index contributed by atoms with van der Waals surface area (Å²) in [5.74, 6) is -3.40. The Balaban J connectivity index is 1.79. The quantitative estimate of drug-likeness (QED) is 0.579. The molecule has 3 rings (SSSR count). The molecule has 0 unspecified atom stereocenters. The second kappa shape index (κ2) is 7.62. The van der Waals surface area contributed by atoms with E-state index in [1.54, 1.807) is 17.5 Å². The molecule has 1 amide bonds. The van der Waals surface area contributed by atoms with E-state index < -0.39 is 30.1 Å². The third kappa shape index (κ3) is 3.98. The maximum absolute atomic E-state index is 13.4. The minimum Gasteiger partial charge on any atom is -0.480 e. The van der Waals surface area contributed by atoms with Crippen molar-refractivity contribution in [2.75, 3.05) is 6.54 Å². The molecule has 2 heterocycles. The molecule has 26 heavy (non-hydrogen) atoms. The number of amides is 1. The fraction of sp³-hybridized carbons (Fsp3) is 0.0625. The number of carbonyl (C=O) groups is 2. The number of hydrazine groups is 1. The number of carboxylic acid groups (broad SMARTS) is 1. The largest absolute Gasteiger partial charge is 0.480 e. The Morgan fingerprint density at radius 1 is 1.27 bits per heavy atom. The molecule has 5 nitrogen and oxygen atoms in total. The van der Waals surface area contributed by atoms with Crippen LogP contribution in [0.3, 0.4) is 0 Å². The summed E-state index contributed by atoms with van der Waals surface area (Å²) in [5, 5.41) is 11.5. The molecule has 0 radical (unpaired) electrons. The fourth-order valence-corrected chi connectivity index (χ4v) is 4.27. The highest BCUT2D eigenvalue weighted by molar-refractivity contribution is 8.26. The summed E-state index contributed by atoms with van der Waals surface area (Å²) in [4.78, 5) is 24.0. The van der Waals surface area contributed by atoms with Crippen molar-refractivity contribution in [3.05, 3.63) is 51.1 Å². The summed E-state index contributed by atoms with van der Waals surface area (Å²) in [7, 11) is 0. The van der Waals surface area contributed by atoms with Gasteiger partial charge in [0.2, 0.25) is 0 Å². The van der Waals surface area contributed by atoms with E-state index in [4.69, 9.17) is 17.3 Å². The highest BCUT2D eigenvalue weighted by Gasteiger charge is 2.32. The highest BCUT2D eigenvalue weighted by atomic mass is 32.2. The van der Waals surface area contributed by atoms with E-state index >= 15 is 0 Å². The van der Waals surface area contributed by atoms with Gasteiger partial charge in [-0.05, 0) is 40.8 Å². The van der Waals surface area contributed by atoms with E-state index in [0.717, 1.165) is 33.8 Å². The Labute approximate surface area is 160 Å². The van der Waals surface area contributed by atoms with Crippen molar-refractivity contribution in [1.82, 2.24) is 10.4 Å². The van der Waals surface area contributed by atoms with Crippen LogP contribution in [-0.2, 0) is 9.59 Å². The highest BCUT2D eigenvalue weighted by Crippen LogP contribution is 2.34. The number of hydrogen-bond donors (Lipinski definition) is 2. The second-order valence-electron chi connectivity index (χ2n) is 5.11. The first-order valence-electron chi connectivity index (χ1n) is 7.12. The molecule has 0 bridgehead atoms. The van der Waals surface area contributed by atoms with Crippen LogP contribution in [0, 0.1) is 11.6 Å². The van der Waals surface area contributed by atoms with Crippen LogP contribution in [-0.4, -0.2) is 32.9 Å². The zero-order valence-corrected chi connectivity index (χ0v) is 15.3. The molecule has 1 aromatic heterocycles. The van der Waals surface area contributed by atoms with E-state index in [9.17, 15) is 18.4 Å². The van der Waals surface area contributed by atoms with Crippen molar-refractivity contribution in [3.63, 3.8) is 0 Å². The third-order valence-corrected chi connectivity index (χ3v) is 5.51. The van der Waals surface area contributed by atoms with Crippen molar-refractivity contribution < 1.29 is 23.5 Å². The van der Waals surface area contributed by atoms with Crippen molar-refractivity contribution in [1.29, 1.82) is 0 Å². The van der Waals surface area contributed by atoms with Gasteiger partial charge in [0.1, 0.15) is 6.54 Å². The number of aliphatic carboxylic acids is 1. The average Bonchev–Trinajstić information content (AvgIpc) is 3.14. The van der Waals surface area contributed by atoms with E-state index in [2.05, 4.69) is 5.43 Å². The molecule has 0 atom stereocenters. The van der Waals surface area contributed by atoms with Crippen LogP contribution in [0.2, 0.25) is 0 Å². The number of benzene rings is 1. The van der Waals surface area contributed by atoms with Crippen molar-refractivity contribution in [3.8, 4) is 11.1 Å². The van der Waals surface area contributed by atoms with E-state index in [1.807, 2.05) is 0 Å². The molecule has 1 aliphatic heterocycles. The monoisotopic (exact) mass is 412 g/mol. The Bertz CT molecular complexity index is 943. The summed E-state index contributed by atoms with van der Waals surface area (Å²) in [6, 6.07) is 5.38. The molecule has 134 valence electrons. The zero-order chi connectivity index (χ0) is 18.8. The number of thioether (sulfide) groups is 1. The number of carboxylic acids is 1. The van der Waals surface area contributed by atoms with E-state index in [0.29, 0.717) is 16.0 Å². The number of thiocarbonyl (C=S) groups is 1. The minimum atomic E-state index is -1.11. The lowest BCUT2D eigenvalue weighted by molar-refractivity contribution is -0.137. The van der Waals surface area contributed by atoms with Gasteiger partial charge in [-0.1, -0.05) is 30.0 Å². The summed E-state index contributed by atoms with van der Waals surface area (Å²) < 4.78 is 26.6. The van der Waals surface area contributed by atoms with Gasteiger partial charge in [-0.2, -0.15) is 0 Å². The van der Waals surface area contributed by atoms with Crippen LogP contribution in [0.5, 0.6) is 0 Å². The molecule has 1 fully saturated rings. The van der Waals surface area contributed by atoms with Crippen LogP contribution < -0.4 is 5.43 Å². The smallest absolute Gasteiger partial charge is 0.319 e. The first kappa shape index (κ1) is 18.6. The van der Waals surface area contributed by atoms with Crippen molar-refractivity contribution >= 4 is 57.6 Å². The van der Waals surface area contributed by atoms with Crippen molar-refractivity contribution in [2.45, 2.75) is 0 Å². The van der Waals surface area contributed by atoms with Crippen LogP contribution >= 0.6 is 35.3 Å². The molecule has 1 aliphatic rings. The first-order valence-corrected chi connectivity index (χ1v) is 9.23. The van der Waals surface area contributed by atoms with E-state index in [1.165, 1.54) is 17.4 Å². The lowest BCUT2D eigenvalue weighted by Crippen LogP contribution is -2.43. The van der Waals surface area contributed by atoms with Gasteiger partial charge < -0.3 is 5.11 Å². The van der Waals surface area contributed by atoms with Gasteiger partial charge in [-0.15, -0.1) is 11.3 Å². The predicted molar refractivity (Wildman–Crippen MR) is 100 cm³/mol. The molecule has 1 saturated heterocycles. The molecule has 1 aromatic carbocycles. The number of nitrogens with zero attached hydrogens (tertiary/aromatic N) is 1. The summed E-state index contributed by atoms with van der Waals surface area (Å²) in [5.41, 5.74) is 3.66. The predicted octanol–water partition coefficient (Wildman–Crippen LogP) is 3.48. The SMILES string of the molecule is O=C(O)CNN1C(=O)C(=Cc2cc(-c3ccc(F)c(F)c3)cs2)SC1=S. The summed E-state index contributed by atoms with van der Waals surface area (Å²) >= 11 is 7.45. The number of hydrogen-bond acceptors (Lipinski definition) is 6. The Hall–Kier alpha value is -2.14. The summed E-state index contributed by atoms with van der Waals surface area (Å²) in [6.07, 6.45) is 1.62. The molecular formula is C16H10F2N2O3S3. The standard InChI is InChI=1S/C16H10F2N2O3S3/c17-11-2-1-8(4-12(11)18)9-3-10(25-7-9)5-13-15(23)20(16(24)26-13)19-6-14(21)22/h1-5,7,19H,6H2,(H,21,22). The average molecular weight is 412 g/mol. The molecule has 2 aromatic rings. The van der Waals surface area contributed by atoms with Gasteiger partial charge in [0.25, 0.3) is 5.91 Å². The van der Waals surface area contributed by atoms with Gasteiger partial charge in [0.15, 0.2) is 16.0 Å². The van der Waals surface area contributed by atoms with Crippen LogP contribution in [0.15, 0.2) is 34.6 Å². The second-order valence-corrected chi connectivity index (χ2v) is 7.73. The first-order chi connectivity index (χ1) is 12.3. The number of thiophene rings is 1. The number of rotatable bonds is 5. The molecule has 10 heteroatoms. The minimum absolute atomic E-state index is 0.208. The molecule has 0 spiro atoms. The lowest BCUT2D eigenvalue weighted by Gasteiger charge is -2.13. The fourth-order valence-electron chi connectivity index (χ4n) is 2.14. The van der Waals surface area contributed by atoms with Gasteiger partial charge in [-0.25, -0.2) is 19.2 Å². The van der Waals surface area contributed by atoms with Crippen LogP contribution in [0.4, 0.5) is 8.78 Å². The van der Waals surface area contributed by atoms with Gasteiger partial charge in [-0.3, -0.25) is 9.59 Å². The number of halogens is 2. The molecular weight excluding hydrogens is 402 g/mol. The Kier molecular flexibility index (Phi) is 5.47. The topological polar surface area (TPSA) is 69.6 Å². The van der Waals surface area contributed by atoms with Crippen LogP contribution in [0.1, 0.15) is 4.88 Å². The maximum atomic E-state index is 13.4. The molecule has 2 N–H and O–H groups in total. The van der Waals surface area contributed by atoms with Crippen molar-refractivity contribution in [2.24, 2.45) is 0 Å². The van der Waals surface area contributed by atoms with Gasteiger partial charge in [0.05, 0.1) is 4.91 Å². The number of carbonyl (C=O) groups excluding carboxylic acids is 1.